The minimum atomic E-state index is -0.332. The summed E-state index contributed by atoms with van der Waals surface area (Å²) in [6.07, 6.45) is 6.51. The summed E-state index contributed by atoms with van der Waals surface area (Å²) in [6.45, 7) is 18.8. The summed E-state index contributed by atoms with van der Waals surface area (Å²) < 4.78 is 0. The molecule has 0 bridgehead atoms. The lowest BCUT2D eigenvalue weighted by atomic mass is 9.64. The van der Waals surface area contributed by atoms with Gasteiger partial charge in [0.2, 0.25) is 0 Å². The Morgan fingerprint density at radius 1 is 1.15 bits per heavy atom. The molecule has 1 aromatic carbocycles. The first-order valence-corrected chi connectivity index (χ1v) is 9.86. The molecule has 1 unspecified atom stereocenters. The van der Waals surface area contributed by atoms with E-state index in [1.807, 2.05) is 6.92 Å². The van der Waals surface area contributed by atoms with Crippen LogP contribution in [0.15, 0.2) is 60.8 Å². The van der Waals surface area contributed by atoms with Crippen LogP contribution in [0.2, 0.25) is 0 Å². The summed E-state index contributed by atoms with van der Waals surface area (Å²) in [6, 6.07) is 8.76. The van der Waals surface area contributed by atoms with Crippen molar-refractivity contribution < 1.29 is 0 Å². The van der Waals surface area contributed by atoms with Crippen molar-refractivity contribution in [2.24, 2.45) is 5.41 Å². The summed E-state index contributed by atoms with van der Waals surface area (Å²) in [5.74, 6) is 0. The molecule has 0 N–H and O–H groups in total. The van der Waals surface area contributed by atoms with E-state index in [1.54, 1.807) is 0 Å². The van der Waals surface area contributed by atoms with Crippen molar-refractivity contribution in [3.05, 3.63) is 72.0 Å². The lowest BCUT2D eigenvalue weighted by Crippen LogP contribution is -2.49. The highest BCUT2D eigenvalue weighted by atomic mass is 35.5. The van der Waals surface area contributed by atoms with E-state index in [-0.39, 0.29) is 10.3 Å². The molecule has 1 aromatic rings. The van der Waals surface area contributed by atoms with Crippen LogP contribution in [-0.2, 0) is 0 Å². The Hall–Kier alpha value is -1.73. The quantitative estimate of drug-likeness (QED) is 0.424. The van der Waals surface area contributed by atoms with Crippen molar-refractivity contribution in [3.8, 4) is 0 Å². The van der Waals surface area contributed by atoms with Gasteiger partial charge in [0.05, 0.1) is 4.87 Å². The van der Waals surface area contributed by atoms with E-state index >= 15 is 0 Å². The predicted molar refractivity (Wildman–Crippen MR) is 115 cm³/mol. The van der Waals surface area contributed by atoms with Crippen LogP contribution in [0.25, 0.3) is 11.1 Å². The fraction of sp³-hybridized carbons (Fsp3) is 0.417. The van der Waals surface area contributed by atoms with E-state index < -0.39 is 0 Å². The Morgan fingerprint density at radius 2 is 1.81 bits per heavy atom. The van der Waals surface area contributed by atoms with Crippen LogP contribution < -0.4 is 0 Å². The third-order valence-electron chi connectivity index (χ3n) is 5.96. The SMILES string of the molecule is C=C(C)c1ccc(C2=CCC3(Cl)CN(C(=C)CC)CC=C3C2(C)C)cc1. The maximum atomic E-state index is 7.17. The standard InChI is InChI=1S/C24H30ClN/c1-7-18(4)26-15-13-22-23(5,6)21(12-14-24(22,25)16-26)20-10-8-19(9-11-20)17(2)3/h8-13H,2,4,7,14-16H2,1,3,5-6H3. The zero-order valence-electron chi connectivity index (χ0n) is 16.5. The number of allylic oxidation sites excluding steroid dienone is 4. The second-order valence-corrected chi connectivity index (χ2v) is 8.91. The Kier molecular flexibility index (Phi) is 4.96. The van der Waals surface area contributed by atoms with Crippen LogP contribution in [0.5, 0.6) is 0 Å². The van der Waals surface area contributed by atoms with Crippen molar-refractivity contribution in [1.29, 1.82) is 0 Å². The monoisotopic (exact) mass is 367 g/mol. The van der Waals surface area contributed by atoms with E-state index in [0.29, 0.717) is 0 Å². The molecule has 0 spiro atoms. The maximum absolute atomic E-state index is 7.17. The van der Waals surface area contributed by atoms with Gasteiger partial charge in [-0.1, -0.05) is 75.9 Å². The average Bonchev–Trinajstić information content (AvgIpc) is 2.60. The molecule has 0 radical (unpaired) electrons. The van der Waals surface area contributed by atoms with Crippen molar-refractivity contribution in [1.82, 2.24) is 4.90 Å². The van der Waals surface area contributed by atoms with Crippen molar-refractivity contribution in [2.75, 3.05) is 13.1 Å². The number of hydrogen-bond donors (Lipinski definition) is 0. The van der Waals surface area contributed by atoms with E-state index in [2.05, 4.69) is 75.2 Å². The molecular weight excluding hydrogens is 338 g/mol. The summed E-state index contributed by atoms with van der Waals surface area (Å²) in [5, 5.41) is 0. The largest absolute Gasteiger partial charge is 0.369 e. The fourth-order valence-electron chi connectivity index (χ4n) is 4.37. The van der Waals surface area contributed by atoms with Gasteiger partial charge in [-0.2, -0.15) is 0 Å². The topological polar surface area (TPSA) is 3.24 Å². The Morgan fingerprint density at radius 3 is 2.38 bits per heavy atom. The van der Waals surface area contributed by atoms with Gasteiger partial charge in [-0.3, -0.25) is 0 Å². The molecule has 26 heavy (non-hydrogen) atoms. The number of rotatable bonds is 4. The Labute approximate surface area is 163 Å². The van der Waals surface area contributed by atoms with Gasteiger partial charge in [0.25, 0.3) is 0 Å². The molecule has 0 saturated carbocycles. The summed E-state index contributed by atoms with van der Waals surface area (Å²) in [4.78, 5) is 1.99. The molecule has 1 nitrogen and oxygen atoms in total. The summed E-state index contributed by atoms with van der Waals surface area (Å²) in [5.41, 5.74) is 7.39. The normalized spacial score (nSPS) is 24.4. The summed E-state index contributed by atoms with van der Waals surface area (Å²) in [7, 11) is 0. The van der Waals surface area contributed by atoms with E-state index in [0.717, 1.165) is 31.5 Å². The van der Waals surface area contributed by atoms with Gasteiger partial charge >= 0.3 is 0 Å². The number of benzene rings is 1. The van der Waals surface area contributed by atoms with Gasteiger partial charge in [0.15, 0.2) is 0 Å². The zero-order chi connectivity index (χ0) is 19.1. The van der Waals surface area contributed by atoms with Crippen molar-refractivity contribution in [3.63, 3.8) is 0 Å². The highest BCUT2D eigenvalue weighted by Gasteiger charge is 2.47. The van der Waals surface area contributed by atoms with Crippen LogP contribution in [-0.4, -0.2) is 22.9 Å². The molecule has 3 rings (SSSR count). The lowest BCUT2D eigenvalue weighted by Gasteiger charge is -2.49. The fourth-order valence-corrected chi connectivity index (χ4v) is 4.90. The van der Waals surface area contributed by atoms with Crippen LogP contribution in [0.4, 0.5) is 0 Å². The smallest absolute Gasteiger partial charge is 0.0873 e. The Bertz CT molecular complexity index is 794. The minimum absolute atomic E-state index is 0.0790. The molecule has 0 amide bonds. The highest BCUT2D eigenvalue weighted by Crippen LogP contribution is 2.54. The zero-order valence-corrected chi connectivity index (χ0v) is 17.3. The second-order valence-electron chi connectivity index (χ2n) is 8.19. The van der Waals surface area contributed by atoms with Gasteiger partial charge in [-0.15, -0.1) is 11.6 Å². The molecule has 1 aliphatic heterocycles. The number of nitrogens with zero attached hydrogens (tertiary/aromatic N) is 1. The second kappa shape index (κ2) is 6.78. The first-order valence-electron chi connectivity index (χ1n) is 9.49. The van der Waals surface area contributed by atoms with E-state index in [1.165, 1.54) is 28.0 Å². The van der Waals surface area contributed by atoms with E-state index in [9.17, 15) is 0 Å². The first kappa shape index (κ1) is 19.0. The van der Waals surface area contributed by atoms with Crippen molar-refractivity contribution >= 4 is 22.7 Å². The highest BCUT2D eigenvalue weighted by molar-refractivity contribution is 6.27. The molecule has 0 saturated heterocycles. The predicted octanol–water partition coefficient (Wildman–Crippen LogP) is 6.68. The number of halogens is 1. The number of hydrogen-bond acceptors (Lipinski definition) is 1. The molecule has 138 valence electrons. The van der Waals surface area contributed by atoms with E-state index in [4.69, 9.17) is 11.6 Å². The van der Waals surface area contributed by atoms with Crippen LogP contribution in [0.1, 0.15) is 51.7 Å². The molecule has 2 heteroatoms. The van der Waals surface area contributed by atoms with Gasteiger partial charge in [-0.05, 0) is 42.0 Å². The molecule has 0 aromatic heterocycles. The van der Waals surface area contributed by atoms with Gasteiger partial charge in [0, 0.05) is 24.2 Å². The maximum Gasteiger partial charge on any atom is 0.0873 e. The third-order valence-corrected chi connectivity index (χ3v) is 6.44. The van der Waals surface area contributed by atoms with Gasteiger partial charge in [-0.25, -0.2) is 0 Å². The molecule has 0 fully saturated rings. The van der Waals surface area contributed by atoms with Gasteiger partial charge in [0.1, 0.15) is 0 Å². The molecular formula is C24H30ClN. The summed E-state index contributed by atoms with van der Waals surface area (Å²) >= 11 is 7.17. The van der Waals surface area contributed by atoms with Crippen LogP contribution in [0.3, 0.4) is 0 Å². The van der Waals surface area contributed by atoms with Crippen molar-refractivity contribution in [2.45, 2.75) is 45.4 Å². The van der Waals surface area contributed by atoms with Crippen LogP contribution >= 0.6 is 11.6 Å². The first-order chi connectivity index (χ1) is 12.2. The third kappa shape index (κ3) is 3.18. The lowest BCUT2D eigenvalue weighted by molar-refractivity contribution is 0.293. The molecule has 2 aliphatic rings. The number of fused-ring (bicyclic) bond motifs is 1. The minimum Gasteiger partial charge on any atom is -0.369 e. The molecule has 1 atom stereocenters. The molecule has 1 aliphatic carbocycles. The molecule has 1 heterocycles. The van der Waals surface area contributed by atoms with Crippen LogP contribution in [0, 0.1) is 5.41 Å². The Balaban J connectivity index is 1.96. The average molecular weight is 368 g/mol. The van der Waals surface area contributed by atoms with Gasteiger partial charge < -0.3 is 4.90 Å². The number of alkyl halides is 1.